The van der Waals surface area contributed by atoms with Gasteiger partial charge in [-0.15, -0.1) is 0 Å². The molecule has 26 heavy (non-hydrogen) atoms. The van der Waals surface area contributed by atoms with Crippen molar-refractivity contribution in [1.29, 1.82) is 0 Å². The summed E-state index contributed by atoms with van der Waals surface area (Å²) < 4.78 is 3.34. The van der Waals surface area contributed by atoms with Crippen LogP contribution in [0.5, 0.6) is 0 Å². The molecule has 5 rings (SSSR count). The van der Waals surface area contributed by atoms with Crippen molar-refractivity contribution in [1.82, 2.24) is 29.5 Å². The summed E-state index contributed by atoms with van der Waals surface area (Å²) >= 11 is 0. The highest BCUT2D eigenvalue weighted by atomic mass is 16.1. The number of nitrogens with one attached hydrogen (secondary N) is 2. The minimum atomic E-state index is -0.162. The maximum Gasteiger partial charge on any atom is 0.327 e. The zero-order valence-electron chi connectivity index (χ0n) is 14.8. The first-order valence-electron chi connectivity index (χ1n) is 8.93. The second kappa shape index (κ2) is 7.13. The van der Waals surface area contributed by atoms with Gasteiger partial charge >= 0.3 is 5.69 Å². The molecular weight excluding hydrogens is 328 g/mol. The van der Waals surface area contributed by atoms with Gasteiger partial charge in [-0.05, 0) is 50.2 Å². The molecular formula is C19H22N6O. The van der Waals surface area contributed by atoms with Gasteiger partial charge in [0.2, 0.25) is 0 Å². The highest BCUT2D eigenvalue weighted by molar-refractivity contribution is 5.82. The van der Waals surface area contributed by atoms with E-state index in [1.165, 1.54) is 32.4 Å². The van der Waals surface area contributed by atoms with E-state index in [0.717, 1.165) is 22.3 Å². The van der Waals surface area contributed by atoms with E-state index >= 15 is 0 Å². The van der Waals surface area contributed by atoms with Gasteiger partial charge in [0.1, 0.15) is 0 Å². The Labute approximate surface area is 150 Å². The summed E-state index contributed by atoms with van der Waals surface area (Å²) in [7, 11) is 1.72. The van der Waals surface area contributed by atoms with Gasteiger partial charge in [0, 0.05) is 18.8 Å². The van der Waals surface area contributed by atoms with Gasteiger partial charge in [0.25, 0.3) is 0 Å². The molecule has 0 amide bonds. The van der Waals surface area contributed by atoms with Crippen LogP contribution in [0.4, 0.5) is 0 Å². The first-order chi connectivity index (χ1) is 12.7. The normalized spacial score (nSPS) is 14.3. The molecule has 0 aliphatic carbocycles. The van der Waals surface area contributed by atoms with Crippen molar-refractivity contribution in [2.45, 2.75) is 19.3 Å². The lowest BCUT2D eigenvalue weighted by molar-refractivity contribution is 0.520. The number of imidazole rings is 1. The Kier molecular flexibility index (Phi) is 4.53. The largest absolute Gasteiger partial charge is 0.327 e. The fraction of sp³-hybridized carbons (Fsp3) is 0.316. The molecule has 5 heterocycles. The summed E-state index contributed by atoms with van der Waals surface area (Å²) in [5.41, 5.74) is 3.93. The van der Waals surface area contributed by atoms with Gasteiger partial charge < -0.3 is 5.32 Å². The molecule has 134 valence electrons. The van der Waals surface area contributed by atoms with Crippen LogP contribution >= 0.6 is 0 Å². The molecule has 0 atom stereocenters. The van der Waals surface area contributed by atoms with E-state index in [4.69, 9.17) is 0 Å². The molecule has 4 aromatic heterocycles. The van der Waals surface area contributed by atoms with E-state index < -0.39 is 0 Å². The fourth-order valence-corrected chi connectivity index (χ4v) is 3.19. The standard InChI is InChI=1S/C14H11N5O.C5H11N/c1-18-12-6-5-10(16-13(12)17-14(18)20)9-8-15-19-7-3-2-4-11(9)19;1-2-4-6-5-3-1/h2-8H,1H3,(H,16,17,20);6H,1-5H2. The lowest BCUT2D eigenvalue weighted by atomic mass is 10.2. The molecule has 4 aromatic rings. The van der Waals surface area contributed by atoms with E-state index in [-0.39, 0.29) is 5.69 Å². The Morgan fingerprint density at radius 2 is 1.88 bits per heavy atom. The van der Waals surface area contributed by atoms with Crippen LogP contribution in [0.3, 0.4) is 0 Å². The topological polar surface area (TPSA) is 80.0 Å². The van der Waals surface area contributed by atoms with Crippen LogP contribution in [0.25, 0.3) is 27.9 Å². The highest BCUT2D eigenvalue weighted by Crippen LogP contribution is 2.23. The van der Waals surface area contributed by atoms with Crippen molar-refractivity contribution < 1.29 is 0 Å². The summed E-state index contributed by atoms with van der Waals surface area (Å²) in [6.45, 7) is 2.50. The summed E-state index contributed by atoms with van der Waals surface area (Å²) in [6.07, 6.45) is 7.89. The summed E-state index contributed by atoms with van der Waals surface area (Å²) in [5.74, 6) is 0. The number of nitrogens with zero attached hydrogens (tertiary/aromatic N) is 4. The van der Waals surface area contributed by atoms with Gasteiger partial charge in [0.05, 0.1) is 22.9 Å². The lowest BCUT2D eigenvalue weighted by Crippen LogP contribution is -2.21. The van der Waals surface area contributed by atoms with Crippen LogP contribution in [0.2, 0.25) is 0 Å². The predicted molar refractivity (Wildman–Crippen MR) is 102 cm³/mol. The molecule has 1 saturated heterocycles. The first kappa shape index (κ1) is 16.5. The number of rotatable bonds is 1. The number of aromatic amines is 1. The van der Waals surface area contributed by atoms with Crippen molar-refractivity contribution in [3.63, 3.8) is 0 Å². The molecule has 7 nitrogen and oxygen atoms in total. The minimum Gasteiger partial charge on any atom is -0.317 e. The van der Waals surface area contributed by atoms with E-state index in [0.29, 0.717) is 5.65 Å². The molecule has 0 saturated carbocycles. The SMILES string of the molecule is C1CCNCC1.Cn1c(=O)[nH]c2nc(-c3cnn4ccccc34)ccc21. The Balaban J connectivity index is 0.000000240. The smallest absolute Gasteiger partial charge is 0.317 e. The Bertz CT molecular complexity index is 1070. The number of aromatic nitrogens is 5. The van der Waals surface area contributed by atoms with Crippen molar-refractivity contribution in [2.24, 2.45) is 7.05 Å². The van der Waals surface area contributed by atoms with Gasteiger partial charge in [-0.1, -0.05) is 12.5 Å². The van der Waals surface area contributed by atoms with Crippen molar-refractivity contribution in [3.05, 3.63) is 53.2 Å². The Hall–Kier alpha value is -2.93. The molecule has 0 aromatic carbocycles. The maximum atomic E-state index is 11.6. The molecule has 2 N–H and O–H groups in total. The number of aryl methyl sites for hydroxylation is 1. The molecule has 1 aliphatic heterocycles. The molecule has 1 aliphatic rings. The molecule has 0 unspecified atom stereocenters. The Morgan fingerprint density at radius 3 is 2.62 bits per heavy atom. The lowest BCUT2D eigenvalue weighted by Gasteiger charge is -2.08. The third-order valence-electron chi connectivity index (χ3n) is 4.67. The number of pyridine rings is 2. The zero-order valence-corrected chi connectivity index (χ0v) is 14.8. The van der Waals surface area contributed by atoms with E-state index in [2.05, 4.69) is 20.4 Å². The predicted octanol–water partition coefficient (Wildman–Crippen LogP) is 2.34. The maximum absolute atomic E-state index is 11.6. The Morgan fingerprint density at radius 1 is 1.04 bits per heavy atom. The van der Waals surface area contributed by atoms with Crippen LogP contribution in [0.15, 0.2) is 47.5 Å². The quantitative estimate of drug-likeness (QED) is 0.552. The molecule has 1 fully saturated rings. The van der Waals surface area contributed by atoms with Crippen LogP contribution in [0, 0.1) is 0 Å². The second-order valence-electron chi connectivity index (χ2n) is 6.45. The summed E-state index contributed by atoms with van der Waals surface area (Å²) in [6, 6.07) is 9.67. The number of piperidine rings is 1. The minimum absolute atomic E-state index is 0.162. The van der Waals surface area contributed by atoms with Crippen molar-refractivity contribution in [3.8, 4) is 11.3 Å². The number of fused-ring (bicyclic) bond motifs is 2. The average Bonchev–Trinajstić information content (AvgIpc) is 3.25. The third kappa shape index (κ3) is 3.13. The zero-order chi connectivity index (χ0) is 17.9. The molecule has 0 bridgehead atoms. The first-order valence-corrected chi connectivity index (χ1v) is 8.93. The molecule has 7 heteroatoms. The monoisotopic (exact) mass is 350 g/mol. The van der Waals surface area contributed by atoms with Gasteiger partial charge in [-0.2, -0.15) is 5.10 Å². The van der Waals surface area contributed by atoms with Gasteiger partial charge in [0.15, 0.2) is 5.65 Å². The second-order valence-corrected chi connectivity index (χ2v) is 6.45. The molecule has 0 spiro atoms. The van der Waals surface area contributed by atoms with Crippen LogP contribution in [-0.4, -0.2) is 37.2 Å². The number of hydrogen-bond donors (Lipinski definition) is 2. The fourth-order valence-electron chi connectivity index (χ4n) is 3.19. The van der Waals surface area contributed by atoms with E-state index in [1.54, 1.807) is 22.3 Å². The number of hydrogen-bond acceptors (Lipinski definition) is 4. The van der Waals surface area contributed by atoms with E-state index in [1.807, 2.05) is 36.5 Å². The third-order valence-corrected chi connectivity index (χ3v) is 4.67. The molecule has 0 radical (unpaired) electrons. The van der Waals surface area contributed by atoms with Crippen LogP contribution < -0.4 is 11.0 Å². The van der Waals surface area contributed by atoms with E-state index in [9.17, 15) is 4.79 Å². The number of H-pyrrole nitrogens is 1. The summed E-state index contributed by atoms with van der Waals surface area (Å²) in [5, 5.41) is 7.58. The van der Waals surface area contributed by atoms with Crippen LogP contribution in [-0.2, 0) is 7.05 Å². The van der Waals surface area contributed by atoms with Gasteiger partial charge in [-0.3, -0.25) is 9.55 Å². The summed E-state index contributed by atoms with van der Waals surface area (Å²) in [4.78, 5) is 18.9. The van der Waals surface area contributed by atoms with Crippen molar-refractivity contribution >= 4 is 16.7 Å². The van der Waals surface area contributed by atoms with Crippen LogP contribution in [0.1, 0.15) is 19.3 Å². The van der Waals surface area contributed by atoms with Crippen molar-refractivity contribution in [2.75, 3.05) is 13.1 Å². The average molecular weight is 350 g/mol. The highest BCUT2D eigenvalue weighted by Gasteiger charge is 2.10. The van der Waals surface area contributed by atoms with Gasteiger partial charge in [-0.25, -0.2) is 14.3 Å².